The first-order valence-electron chi connectivity index (χ1n) is 9.63. The Labute approximate surface area is 181 Å². The predicted molar refractivity (Wildman–Crippen MR) is 115 cm³/mol. The molecule has 5 N–H and O–H groups in total. The number of aliphatic carboxylic acids is 2. The molecular weight excluding hydrogens is 420 g/mol. The first-order chi connectivity index (χ1) is 15.2. The Morgan fingerprint density at radius 3 is 2.56 bits per heavy atom. The van der Waals surface area contributed by atoms with Crippen LogP contribution >= 0.6 is 0 Å². The van der Waals surface area contributed by atoms with Gasteiger partial charge in [0.1, 0.15) is 0 Å². The minimum atomic E-state index is -1.20. The van der Waals surface area contributed by atoms with Gasteiger partial charge in [-0.1, -0.05) is 0 Å². The molecule has 1 unspecified atom stereocenters. The Hall–Kier alpha value is -4.22. The van der Waals surface area contributed by atoms with Crippen LogP contribution in [0.5, 0.6) is 0 Å². The van der Waals surface area contributed by atoms with Gasteiger partial charge in [0.25, 0.3) is 5.91 Å². The average Bonchev–Trinajstić information content (AvgIpc) is 2.75. The number of rotatable bonds is 10. The molecule has 1 aromatic carbocycles. The van der Waals surface area contributed by atoms with Crippen LogP contribution in [-0.2, 0) is 14.4 Å². The molecule has 1 aromatic rings. The largest absolute Gasteiger partial charge is 0.481 e. The Morgan fingerprint density at radius 1 is 1.19 bits per heavy atom. The number of ketones is 1. The van der Waals surface area contributed by atoms with Crippen LogP contribution in [0.4, 0.5) is 5.69 Å². The van der Waals surface area contributed by atoms with Gasteiger partial charge in [0, 0.05) is 24.1 Å². The van der Waals surface area contributed by atoms with Crippen molar-refractivity contribution in [2.24, 2.45) is 20.9 Å². The third kappa shape index (κ3) is 5.68. The summed E-state index contributed by atoms with van der Waals surface area (Å²) in [5.41, 5.74) is 1.48. The molecule has 0 aliphatic carbocycles. The van der Waals surface area contributed by atoms with Gasteiger partial charge in [0.05, 0.1) is 24.4 Å². The number of Topliss-reactive ketones (excluding diaryl/α,β-unsaturated/α-hetero) is 1. The number of nitrogens with one attached hydrogen (secondary N) is 3. The van der Waals surface area contributed by atoms with E-state index in [1.54, 1.807) is 24.3 Å². The zero-order chi connectivity index (χ0) is 23.3. The number of benzene rings is 1. The van der Waals surface area contributed by atoms with Crippen LogP contribution in [0.3, 0.4) is 0 Å². The number of fused-ring (bicyclic) bond motifs is 1. The number of anilines is 1. The standard InChI is InChI=1S/C20H20N6O6/c21-20-25-17-16(18(30)26-20)24-13(9-23-17)8-22-12-4-1-10(2-5-12)14(27)7-11(19(31)32)3-6-15(28)29/h1-2,4-5,9,11,16,22H,3,6-8H2,(H,28,29)(H,31,32)(H2,21,26,30)/t11-,16?/m1/s1. The molecule has 32 heavy (non-hydrogen) atoms. The number of guanidine groups is 1. The quantitative estimate of drug-likeness (QED) is 0.328. The topological polar surface area (TPSA) is 194 Å². The van der Waals surface area contributed by atoms with Crippen molar-refractivity contribution in [2.75, 3.05) is 11.9 Å². The highest BCUT2D eigenvalue weighted by molar-refractivity contribution is 6.38. The van der Waals surface area contributed by atoms with E-state index in [9.17, 15) is 24.3 Å². The van der Waals surface area contributed by atoms with Crippen LogP contribution in [0.2, 0.25) is 0 Å². The minimum Gasteiger partial charge on any atom is -0.481 e. The Bertz CT molecular complexity index is 1060. The number of carboxylic acids is 2. The van der Waals surface area contributed by atoms with Crippen molar-refractivity contribution in [1.29, 1.82) is 5.41 Å². The lowest BCUT2D eigenvalue weighted by molar-refractivity contribution is -0.142. The smallest absolute Gasteiger partial charge is 0.306 e. The van der Waals surface area contributed by atoms with Gasteiger partial charge in [-0.25, -0.2) is 4.99 Å². The first-order valence-corrected chi connectivity index (χ1v) is 9.63. The van der Waals surface area contributed by atoms with Gasteiger partial charge in [-0.3, -0.25) is 34.9 Å². The molecule has 12 nitrogen and oxygen atoms in total. The molecule has 0 spiro atoms. The molecule has 1 amide bonds. The van der Waals surface area contributed by atoms with E-state index in [4.69, 9.17) is 10.5 Å². The number of aliphatic imine (C=N–C) groups is 3. The number of hydrogen-bond donors (Lipinski definition) is 5. The zero-order valence-electron chi connectivity index (χ0n) is 16.7. The van der Waals surface area contributed by atoms with Crippen molar-refractivity contribution >= 4 is 53.0 Å². The molecule has 0 aromatic heterocycles. The highest BCUT2D eigenvalue weighted by atomic mass is 16.4. The second-order valence-corrected chi connectivity index (χ2v) is 7.11. The third-order valence-electron chi connectivity index (χ3n) is 4.77. The van der Waals surface area contributed by atoms with E-state index in [0.717, 1.165) is 0 Å². The molecule has 0 fully saturated rings. The maximum Gasteiger partial charge on any atom is 0.306 e. The van der Waals surface area contributed by atoms with Crippen molar-refractivity contribution < 1.29 is 29.4 Å². The number of hydrogen-bond acceptors (Lipinski definition) is 8. The Morgan fingerprint density at radius 2 is 1.91 bits per heavy atom. The summed E-state index contributed by atoms with van der Waals surface area (Å²) in [6.45, 7) is 0.252. The van der Waals surface area contributed by atoms with Crippen molar-refractivity contribution in [2.45, 2.75) is 25.3 Å². The SMILES string of the molecule is N=C1N=C2N=CC(CNc3ccc(C(=O)C[C@@H](CCC(=O)O)C(=O)O)cc3)=NC2C(=O)N1. The van der Waals surface area contributed by atoms with E-state index in [0.29, 0.717) is 17.0 Å². The van der Waals surface area contributed by atoms with Gasteiger partial charge >= 0.3 is 11.9 Å². The summed E-state index contributed by atoms with van der Waals surface area (Å²) < 4.78 is 0. The first kappa shape index (κ1) is 22.5. The number of nitrogens with zero attached hydrogens (tertiary/aromatic N) is 3. The summed E-state index contributed by atoms with van der Waals surface area (Å²) in [6, 6.07) is 5.48. The minimum absolute atomic E-state index is 0.119. The molecule has 0 radical (unpaired) electrons. The number of carboxylic acid groups (broad SMARTS) is 2. The van der Waals surface area contributed by atoms with E-state index >= 15 is 0 Å². The lowest BCUT2D eigenvalue weighted by atomic mass is 9.94. The third-order valence-corrected chi connectivity index (χ3v) is 4.77. The van der Waals surface area contributed by atoms with Gasteiger partial charge in [-0.15, -0.1) is 0 Å². The van der Waals surface area contributed by atoms with E-state index in [1.807, 2.05) is 0 Å². The van der Waals surface area contributed by atoms with Gasteiger partial charge in [0.2, 0.25) is 5.96 Å². The highest BCUT2D eigenvalue weighted by Crippen LogP contribution is 2.18. The normalized spacial score (nSPS) is 18.1. The van der Waals surface area contributed by atoms with E-state index in [2.05, 4.69) is 25.6 Å². The molecule has 0 saturated heterocycles. The lowest BCUT2D eigenvalue weighted by Gasteiger charge is -2.21. The van der Waals surface area contributed by atoms with Crippen LogP contribution in [0.25, 0.3) is 0 Å². The van der Waals surface area contributed by atoms with Crippen molar-refractivity contribution in [3.63, 3.8) is 0 Å². The summed E-state index contributed by atoms with van der Waals surface area (Å²) in [7, 11) is 0. The number of carbonyl (C=O) groups is 4. The monoisotopic (exact) mass is 440 g/mol. The van der Waals surface area contributed by atoms with Gasteiger partial charge in [-0.2, -0.15) is 4.99 Å². The lowest BCUT2D eigenvalue weighted by Crippen LogP contribution is -2.47. The highest BCUT2D eigenvalue weighted by Gasteiger charge is 2.31. The van der Waals surface area contributed by atoms with Crippen molar-refractivity contribution in [3.8, 4) is 0 Å². The van der Waals surface area contributed by atoms with Crippen LogP contribution in [-0.4, -0.2) is 70.2 Å². The maximum atomic E-state index is 12.4. The molecule has 0 saturated carbocycles. The predicted octanol–water partition coefficient (Wildman–Crippen LogP) is 0.594. The molecule has 12 heteroatoms. The summed E-state index contributed by atoms with van der Waals surface area (Å²) in [4.78, 5) is 58.4. The second kappa shape index (κ2) is 9.73. The van der Waals surface area contributed by atoms with Crippen molar-refractivity contribution in [1.82, 2.24) is 5.32 Å². The number of carbonyl (C=O) groups excluding carboxylic acids is 2. The molecule has 2 aliphatic heterocycles. The zero-order valence-corrected chi connectivity index (χ0v) is 16.7. The summed E-state index contributed by atoms with van der Waals surface area (Å²) in [6.07, 6.45) is 0.730. The number of amidine groups is 1. The van der Waals surface area contributed by atoms with Gasteiger partial charge in [0.15, 0.2) is 17.7 Å². The van der Waals surface area contributed by atoms with Crippen LogP contribution in [0.1, 0.15) is 29.6 Å². The van der Waals surface area contributed by atoms with Crippen molar-refractivity contribution in [3.05, 3.63) is 29.8 Å². The number of amides is 1. The van der Waals surface area contributed by atoms with E-state index in [1.165, 1.54) is 6.21 Å². The molecule has 166 valence electrons. The summed E-state index contributed by atoms with van der Waals surface area (Å²) in [5, 5.41) is 30.7. The van der Waals surface area contributed by atoms with Gasteiger partial charge < -0.3 is 15.5 Å². The molecule has 2 atom stereocenters. The summed E-state index contributed by atoms with van der Waals surface area (Å²) >= 11 is 0. The summed E-state index contributed by atoms with van der Waals surface area (Å²) in [5.74, 6) is -4.36. The maximum absolute atomic E-state index is 12.4. The molecular formula is C20H20N6O6. The molecule has 0 bridgehead atoms. The van der Waals surface area contributed by atoms with Crippen LogP contribution < -0.4 is 10.6 Å². The molecule has 3 rings (SSSR count). The molecule has 2 heterocycles. The fourth-order valence-corrected chi connectivity index (χ4v) is 3.07. The fourth-order valence-electron chi connectivity index (χ4n) is 3.07. The Balaban J connectivity index is 1.57. The van der Waals surface area contributed by atoms with Crippen LogP contribution in [0, 0.1) is 11.3 Å². The molecule has 2 aliphatic rings. The van der Waals surface area contributed by atoms with E-state index < -0.39 is 29.8 Å². The van der Waals surface area contributed by atoms with Gasteiger partial charge in [-0.05, 0) is 30.7 Å². The van der Waals surface area contributed by atoms with E-state index in [-0.39, 0.29) is 43.4 Å². The fraction of sp³-hybridized carbons (Fsp3) is 0.300. The Kier molecular flexibility index (Phi) is 6.83. The second-order valence-electron chi connectivity index (χ2n) is 7.11. The average molecular weight is 440 g/mol. The van der Waals surface area contributed by atoms with Crippen LogP contribution in [0.15, 0.2) is 39.2 Å².